The van der Waals surface area contributed by atoms with E-state index in [1.54, 1.807) is 0 Å². The number of hydrogen-bond acceptors (Lipinski definition) is 4. The Labute approximate surface area is 88.5 Å². The maximum absolute atomic E-state index is 10.6. The summed E-state index contributed by atoms with van der Waals surface area (Å²) in [7, 11) is 1.29. The van der Waals surface area contributed by atoms with Gasteiger partial charge in [-0.05, 0) is 18.1 Å². The van der Waals surface area contributed by atoms with Crippen molar-refractivity contribution in [2.45, 2.75) is 13.5 Å². The van der Waals surface area contributed by atoms with Gasteiger partial charge in [0.15, 0.2) is 6.21 Å². The van der Waals surface area contributed by atoms with Crippen LogP contribution in [-0.4, -0.2) is 19.3 Å². The minimum atomic E-state index is -0.528. The minimum absolute atomic E-state index is 0.347. The second-order valence-corrected chi connectivity index (χ2v) is 2.96. The van der Waals surface area contributed by atoms with Gasteiger partial charge in [0.1, 0.15) is 6.61 Å². The van der Waals surface area contributed by atoms with Gasteiger partial charge in [-0.3, -0.25) is 0 Å². The van der Waals surface area contributed by atoms with E-state index in [1.165, 1.54) is 7.11 Å². The van der Waals surface area contributed by atoms with Gasteiger partial charge in [0.2, 0.25) is 0 Å². The van der Waals surface area contributed by atoms with Crippen molar-refractivity contribution in [2.24, 2.45) is 5.16 Å². The average molecular weight is 207 g/mol. The van der Waals surface area contributed by atoms with Gasteiger partial charge in [-0.15, -0.1) is 0 Å². The minimum Gasteiger partial charge on any atom is -0.465 e. The van der Waals surface area contributed by atoms with Crippen LogP contribution >= 0.6 is 0 Å². The second kappa shape index (κ2) is 5.80. The van der Waals surface area contributed by atoms with Crippen LogP contribution in [0.25, 0.3) is 0 Å². The molecule has 0 N–H and O–H groups in total. The molecule has 0 saturated carbocycles. The van der Waals surface area contributed by atoms with Gasteiger partial charge in [0, 0.05) is 0 Å². The highest BCUT2D eigenvalue weighted by Crippen LogP contribution is 2.07. The number of aryl methyl sites for hydroxylation is 1. The van der Waals surface area contributed by atoms with Crippen molar-refractivity contribution in [3.05, 3.63) is 35.4 Å². The first-order valence-electron chi connectivity index (χ1n) is 4.52. The van der Waals surface area contributed by atoms with Crippen LogP contribution in [0.1, 0.15) is 11.1 Å². The highest BCUT2D eigenvalue weighted by molar-refractivity contribution is 6.22. The van der Waals surface area contributed by atoms with Crippen molar-refractivity contribution < 1.29 is 14.4 Å². The molecule has 0 radical (unpaired) electrons. The number of methoxy groups -OCH3 is 1. The van der Waals surface area contributed by atoms with Crippen LogP contribution in [-0.2, 0) is 21.0 Å². The summed E-state index contributed by atoms with van der Waals surface area (Å²) in [6.45, 7) is 2.34. The van der Waals surface area contributed by atoms with Crippen molar-refractivity contribution in [3.63, 3.8) is 0 Å². The van der Waals surface area contributed by atoms with Crippen LogP contribution in [0.5, 0.6) is 0 Å². The lowest BCUT2D eigenvalue weighted by atomic mass is 10.1. The van der Waals surface area contributed by atoms with E-state index in [4.69, 9.17) is 4.84 Å². The lowest BCUT2D eigenvalue weighted by Crippen LogP contribution is -2.01. The summed E-state index contributed by atoms with van der Waals surface area (Å²) in [5.41, 5.74) is 2.17. The molecule has 0 fully saturated rings. The largest absolute Gasteiger partial charge is 0.465 e. The Hall–Kier alpha value is -1.84. The lowest BCUT2D eigenvalue weighted by Gasteiger charge is -2.02. The number of ether oxygens (including phenoxy) is 1. The van der Waals surface area contributed by atoms with Gasteiger partial charge in [0.05, 0.1) is 7.11 Å². The van der Waals surface area contributed by atoms with Gasteiger partial charge in [-0.25, -0.2) is 4.79 Å². The van der Waals surface area contributed by atoms with E-state index in [2.05, 4.69) is 9.89 Å². The third kappa shape index (κ3) is 3.81. The van der Waals surface area contributed by atoms with Gasteiger partial charge < -0.3 is 9.57 Å². The first-order chi connectivity index (χ1) is 7.24. The summed E-state index contributed by atoms with van der Waals surface area (Å²) in [6.07, 6.45) is 0.998. The van der Waals surface area contributed by atoms with E-state index < -0.39 is 5.97 Å². The maximum atomic E-state index is 10.6. The third-order valence-corrected chi connectivity index (χ3v) is 1.92. The fourth-order valence-corrected chi connectivity index (χ4v) is 1.01. The lowest BCUT2D eigenvalue weighted by molar-refractivity contribution is -0.132. The van der Waals surface area contributed by atoms with Crippen molar-refractivity contribution in [2.75, 3.05) is 7.11 Å². The molecule has 0 aliphatic carbocycles. The first kappa shape index (κ1) is 11.2. The molecule has 0 heterocycles. The molecular weight excluding hydrogens is 194 g/mol. The molecule has 4 heteroatoms. The van der Waals surface area contributed by atoms with Crippen molar-refractivity contribution in [3.8, 4) is 0 Å². The SMILES string of the molecule is COC(=O)/C=N/OCc1ccccc1C. The fourth-order valence-electron chi connectivity index (χ4n) is 1.01. The van der Waals surface area contributed by atoms with Crippen molar-refractivity contribution in [1.82, 2.24) is 0 Å². The normalized spacial score (nSPS) is 10.3. The Balaban J connectivity index is 2.41. The summed E-state index contributed by atoms with van der Waals surface area (Å²) in [6, 6.07) is 7.82. The Kier molecular flexibility index (Phi) is 4.34. The molecule has 0 aromatic heterocycles. The van der Waals surface area contributed by atoms with Crippen molar-refractivity contribution in [1.29, 1.82) is 0 Å². The molecule has 0 spiro atoms. The number of hydrogen-bond donors (Lipinski definition) is 0. The molecule has 1 rings (SSSR count). The van der Waals surface area contributed by atoms with Crippen molar-refractivity contribution >= 4 is 12.2 Å². The number of carbonyl (C=O) groups is 1. The van der Waals surface area contributed by atoms with E-state index in [1.807, 2.05) is 31.2 Å². The third-order valence-electron chi connectivity index (χ3n) is 1.92. The predicted octanol–water partition coefficient (Wildman–Crippen LogP) is 1.67. The summed E-state index contributed by atoms with van der Waals surface area (Å²) >= 11 is 0. The molecular formula is C11H13NO3. The Morgan fingerprint density at radius 2 is 2.20 bits per heavy atom. The molecule has 0 saturated heterocycles. The maximum Gasteiger partial charge on any atom is 0.352 e. The molecule has 0 aliphatic heterocycles. The summed E-state index contributed by atoms with van der Waals surface area (Å²) in [5, 5.41) is 3.48. The average Bonchev–Trinajstić information content (AvgIpc) is 2.26. The Morgan fingerprint density at radius 3 is 2.87 bits per heavy atom. The summed E-state index contributed by atoms with van der Waals surface area (Å²) in [4.78, 5) is 15.6. The van der Waals surface area contributed by atoms with Gasteiger partial charge in [0.25, 0.3) is 0 Å². The zero-order valence-electron chi connectivity index (χ0n) is 8.77. The van der Waals surface area contributed by atoms with Crippen LogP contribution < -0.4 is 0 Å². The Bertz CT molecular complexity index is 361. The molecule has 0 amide bonds. The van der Waals surface area contributed by atoms with Crippen LogP contribution in [0.2, 0.25) is 0 Å². The zero-order chi connectivity index (χ0) is 11.1. The number of rotatable bonds is 4. The molecule has 80 valence electrons. The standard InChI is InChI=1S/C11H13NO3/c1-9-5-3-4-6-10(9)8-15-12-7-11(13)14-2/h3-7H,8H2,1-2H3/b12-7+. The second-order valence-electron chi connectivity index (χ2n) is 2.96. The number of esters is 1. The monoisotopic (exact) mass is 207 g/mol. The number of oxime groups is 1. The molecule has 15 heavy (non-hydrogen) atoms. The molecule has 1 aromatic rings. The molecule has 0 aliphatic rings. The summed E-state index contributed by atoms with van der Waals surface area (Å²) < 4.78 is 4.36. The first-order valence-corrected chi connectivity index (χ1v) is 4.52. The van der Waals surface area contributed by atoms with Gasteiger partial charge in [-0.1, -0.05) is 29.4 Å². The van der Waals surface area contributed by atoms with Crippen LogP contribution in [0.15, 0.2) is 29.4 Å². The Morgan fingerprint density at radius 1 is 1.47 bits per heavy atom. The molecule has 0 unspecified atom stereocenters. The van der Waals surface area contributed by atoms with Crippen LogP contribution in [0.3, 0.4) is 0 Å². The van der Waals surface area contributed by atoms with Crippen LogP contribution in [0, 0.1) is 6.92 Å². The van der Waals surface area contributed by atoms with Gasteiger partial charge >= 0.3 is 5.97 Å². The number of benzene rings is 1. The summed E-state index contributed by atoms with van der Waals surface area (Å²) in [5.74, 6) is -0.528. The topological polar surface area (TPSA) is 47.9 Å². The molecule has 0 bridgehead atoms. The van der Waals surface area contributed by atoms with E-state index in [-0.39, 0.29) is 0 Å². The zero-order valence-corrected chi connectivity index (χ0v) is 8.77. The quantitative estimate of drug-likeness (QED) is 0.428. The predicted molar refractivity (Wildman–Crippen MR) is 56.5 cm³/mol. The van der Waals surface area contributed by atoms with E-state index in [0.717, 1.165) is 17.3 Å². The molecule has 4 nitrogen and oxygen atoms in total. The smallest absolute Gasteiger partial charge is 0.352 e. The van der Waals surface area contributed by atoms with E-state index in [0.29, 0.717) is 6.61 Å². The van der Waals surface area contributed by atoms with Gasteiger partial charge in [-0.2, -0.15) is 0 Å². The van der Waals surface area contributed by atoms with E-state index >= 15 is 0 Å². The fraction of sp³-hybridized carbons (Fsp3) is 0.273. The number of carbonyl (C=O) groups excluding carboxylic acids is 1. The molecule has 0 atom stereocenters. The van der Waals surface area contributed by atoms with E-state index in [9.17, 15) is 4.79 Å². The number of nitrogens with zero attached hydrogens (tertiary/aromatic N) is 1. The highest BCUT2D eigenvalue weighted by atomic mass is 16.6. The van der Waals surface area contributed by atoms with Crippen LogP contribution in [0.4, 0.5) is 0 Å². The molecule has 1 aromatic carbocycles. The highest BCUT2D eigenvalue weighted by Gasteiger charge is 1.96.